The molecule has 0 saturated carbocycles. The van der Waals surface area contributed by atoms with Gasteiger partial charge in [-0.1, -0.05) is 23.7 Å². The molecule has 0 spiro atoms. The molecule has 0 aliphatic carbocycles. The van der Waals surface area contributed by atoms with Crippen LogP contribution in [0.2, 0.25) is 0 Å². The van der Waals surface area contributed by atoms with Gasteiger partial charge in [-0.15, -0.1) is 0 Å². The average Bonchev–Trinajstić information content (AvgIpc) is 2.41. The molecular weight excluding hydrogens is 265 g/mol. The summed E-state index contributed by atoms with van der Waals surface area (Å²) >= 11 is 0. The molecule has 0 unspecified atom stereocenters. The number of hydrogen-bond acceptors (Lipinski definition) is 4. The molecule has 0 aliphatic rings. The number of halogens is 1. The van der Waals surface area contributed by atoms with Crippen LogP contribution in [0.3, 0.4) is 0 Å². The fraction of sp³-hybridized carbons (Fsp3) is 0.143. The van der Waals surface area contributed by atoms with E-state index in [9.17, 15) is 14.5 Å². The van der Waals surface area contributed by atoms with Gasteiger partial charge in [0.2, 0.25) is 5.75 Å². The molecule has 0 radical (unpaired) electrons. The first-order valence-electron chi connectivity index (χ1n) is 5.44. The first-order valence-corrected chi connectivity index (χ1v) is 5.44. The molecule has 1 N–H and O–H groups in total. The molecule has 0 heterocycles. The molecule has 0 amide bonds. The van der Waals surface area contributed by atoms with Crippen molar-refractivity contribution in [3.63, 3.8) is 0 Å². The van der Waals surface area contributed by atoms with E-state index < -0.39 is 10.7 Å². The van der Waals surface area contributed by atoms with Crippen molar-refractivity contribution in [2.24, 2.45) is 0 Å². The third-order valence-corrected chi connectivity index (χ3v) is 1.95. The quantitative estimate of drug-likeness (QED) is 0.517. The fourth-order valence-electron chi connectivity index (χ4n) is 1.16. The van der Waals surface area contributed by atoms with E-state index in [2.05, 4.69) is 23.7 Å². The Morgan fingerprint density at radius 1 is 1.35 bits per heavy atom. The van der Waals surface area contributed by atoms with Gasteiger partial charge in [0.1, 0.15) is 19.0 Å². The first kappa shape index (κ1) is 15.2. The van der Waals surface area contributed by atoms with Crippen LogP contribution in [0.25, 0.3) is 0 Å². The maximum Gasteiger partial charge on any atom is 0.311 e. The Morgan fingerprint density at radius 3 is 2.70 bits per heavy atom. The highest BCUT2D eigenvalue weighted by molar-refractivity contribution is 5.46. The maximum atomic E-state index is 13.0. The Balaban J connectivity index is 2.62. The second kappa shape index (κ2) is 8.30. The van der Waals surface area contributed by atoms with Crippen LogP contribution < -0.4 is 4.74 Å². The highest BCUT2D eigenvalue weighted by Crippen LogP contribution is 2.27. The lowest BCUT2D eigenvalue weighted by Gasteiger charge is -2.02. The smallest absolute Gasteiger partial charge is 0.311 e. The second-order valence-electron chi connectivity index (χ2n) is 3.29. The van der Waals surface area contributed by atoms with Gasteiger partial charge in [-0.05, 0) is 18.2 Å². The van der Waals surface area contributed by atoms with Crippen molar-refractivity contribution in [2.45, 2.75) is 0 Å². The Bertz CT molecular complexity index is 632. The van der Waals surface area contributed by atoms with Crippen molar-refractivity contribution in [1.29, 1.82) is 0 Å². The number of nitro benzene ring substituents is 1. The minimum absolute atomic E-state index is 0.123. The largest absolute Gasteiger partial charge is 0.474 e. The van der Waals surface area contributed by atoms with Crippen LogP contribution >= 0.6 is 0 Å². The molecule has 1 aromatic rings. The van der Waals surface area contributed by atoms with Crippen LogP contribution in [0.4, 0.5) is 10.1 Å². The number of nitro groups is 1. The molecule has 0 aliphatic heterocycles. The molecule has 20 heavy (non-hydrogen) atoms. The summed E-state index contributed by atoms with van der Waals surface area (Å²) in [6.45, 7) is -0.355. The van der Waals surface area contributed by atoms with Crippen LogP contribution in [0, 0.1) is 39.6 Å². The summed E-state index contributed by atoms with van der Waals surface area (Å²) in [5, 5.41) is 19.1. The predicted molar refractivity (Wildman–Crippen MR) is 70.3 cm³/mol. The average molecular weight is 275 g/mol. The minimum atomic E-state index is -0.660. The van der Waals surface area contributed by atoms with Gasteiger partial charge in [0, 0.05) is 12.1 Å². The van der Waals surface area contributed by atoms with Gasteiger partial charge in [0.25, 0.3) is 0 Å². The normalized spacial score (nSPS) is 9.30. The SMILES string of the molecule is O=[N+]([O-])c1ccc(F)cc1OCC#C/C=C/C#CCO. The van der Waals surface area contributed by atoms with Gasteiger partial charge in [-0.2, -0.15) is 0 Å². The Kier molecular flexibility index (Phi) is 6.32. The van der Waals surface area contributed by atoms with Crippen LogP contribution in [-0.2, 0) is 0 Å². The van der Waals surface area contributed by atoms with Crippen molar-refractivity contribution in [3.8, 4) is 29.4 Å². The van der Waals surface area contributed by atoms with E-state index in [1.807, 2.05) is 0 Å². The lowest BCUT2D eigenvalue weighted by atomic mass is 10.3. The van der Waals surface area contributed by atoms with Crippen LogP contribution in [0.15, 0.2) is 30.4 Å². The van der Waals surface area contributed by atoms with E-state index in [0.29, 0.717) is 0 Å². The monoisotopic (exact) mass is 275 g/mol. The van der Waals surface area contributed by atoms with Gasteiger partial charge in [0.15, 0.2) is 0 Å². The van der Waals surface area contributed by atoms with Gasteiger partial charge in [-0.25, -0.2) is 4.39 Å². The van der Waals surface area contributed by atoms with Crippen molar-refractivity contribution in [2.75, 3.05) is 13.2 Å². The summed E-state index contributed by atoms with van der Waals surface area (Å²) < 4.78 is 18.0. The van der Waals surface area contributed by atoms with E-state index in [1.165, 1.54) is 12.2 Å². The molecular formula is C14H10FNO4. The summed E-state index contributed by atoms with van der Waals surface area (Å²) in [4.78, 5) is 10.0. The third-order valence-electron chi connectivity index (χ3n) is 1.95. The third kappa shape index (κ3) is 5.21. The molecule has 1 aromatic carbocycles. The first-order chi connectivity index (χ1) is 9.65. The molecule has 5 nitrogen and oxygen atoms in total. The zero-order valence-corrected chi connectivity index (χ0v) is 10.3. The summed E-state index contributed by atoms with van der Waals surface area (Å²) in [5.74, 6) is 9.24. The number of aliphatic hydroxyl groups is 1. The molecule has 0 atom stereocenters. The lowest BCUT2D eigenvalue weighted by molar-refractivity contribution is -0.385. The van der Waals surface area contributed by atoms with E-state index in [4.69, 9.17) is 9.84 Å². The highest BCUT2D eigenvalue weighted by atomic mass is 19.1. The summed E-state index contributed by atoms with van der Waals surface area (Å²) in [6.07, 6.45) is 2.87. The van der Waals surface area contributed by atoms with Gasteiger partial charge < -0.3 is 9.84 Å². The topological polar surface area (TPSA) is 72.6 Å². The number of nitrogens with zero attached hydrogens (tertiary/aromatic N) is 1. The van der Waals surface area contributed by atoms with E-state index in [-0.39, 0.29) is 24.7 Å². The van der Waals surface area contributed by atoms with Crippen LogP contribution in [0.1, 0.15) is 0 Å². The van der Waals surface area contributed by atoms with Gasteiger partial charge >= 0.3 is 5.69 Å². The number of hydrogen-bond donors (Lipinski definition) is 1. The van der Waals surface area contributed by atoms with Gasteiger partial charge in [-0.3, -0.25) is 10.1 Å². The van der Waals surface area contributed by atoms with Crippen LogP contribution in [0.5, 0.6) is 5.75 Å². The summed E-state index contributed by atoms with van der Waals surface area (Å²) in [5.41, 5.74) is -0.322. The molecule has 102 valence electrons. The lowest BCUT2D eigenvalue weighted by Crippen LogP contribution is -1.99. The minimum Gasteiger partial charge on any atom is -0.474 e. The molecule has 0 aromatic heterocycles. The van der Waals surface area contributed by atoms with Crippen LogP contribution in [-0.4, -0.2) is 23.2 Å². The number of ether oxygens (including phenoxy) is 1. The van der Waals surface area contributed by atoms with E-state index >= 15 is 0 Å². The maximum absolute atomic E-state index is 13.0. The van der Waals surface area contributed by atoms with Crippen molar-refractivity contribution >= 4 is 5.69 Å². The number of allylic oxidation sites excluding steroid dienone is 2. The standard InChI is InChI=1S/C14H10FNO4/c15-12-7-8-13(16(18)19)14(11-12)20-10-6-4-2-1-3-5-9-17/h1-2,7-8,11,17H,9-10H2/b2-1+. The molecule has 0 fully saturated rings. The fourth-order valence-corrected chi connectivity index (χ4v) is 1.16. The van der Waals surface area contributed by atoms with E-state index in [0.717, 1.165) is 18.2 Å². The van der Waals surface area contributed by atoms with Crippen molar-refractivity contribution in [1.82, 2.24) is 0 Å². The molecule has 0 bridgehead atoms. The Labute approximate surface area is 114 Å². The van der Waals surface area contributed by atoms with Crippen molar-refractivity contribution < 1.29 is 19.2 Å². The van der Waals surface area contributed by atoms with Gasteiger partial charge in [0.05, 0.1) is 4.92 Å². The summed E-state index contributed by atoms with van der Waals surface area (Å²) in [6, 6.07) is 2.95. The zero-order chi connectivity index (χ0) is 14.8. The molecule has 6 heteroatoms. The highest BCUT2D eigenvalue weighted by Gasteiger charge is 2.15. The number of benzene rings is 1. The van der Waals surface area contributed by atoms with E-state index in [1.54, 1.807) is 0 Å². The van der Waals surface area contributed by atoms with Crippen molar-refractivity contribution in [3.05, 3.63) is 46.3 Å². The second-order valence-corrected chi connectivity index (χ2v) is 3.29. The number of aliphatic hydroxyl groups excluding tert-OH is 1. The number of rotatable bonds is 3. The predicted octanol–water partition coefficient (Wildman–Crippen LogP) is 1.67. The summed E-state index contributed by atoms with van der Waals surface area (Å²) in [7, 11) is 0. The Hall–Kier alpha value is -2.83. The molecule has 1 rings (SSSR count). The zero-order valence-electron chi connectivity index (χ0n) is 10.3. The molecule has 0 saturated heterocycles. The Morgan fingerprint density at radius 2 is 2.05 bits per heavy atom.